The number of halogens is 1. The number of rotatable bonds is 9. The summed E-state index contributed by atoms with van der Waals surface area (Å²) in [7, 11) is 0. The van der Waals surface area contributed by atoms with Crippen molar-refractivity contribution >= 4 is 11.8 Å². The average Bonchev–Trinajstić information content (AvgIpc) is 2.80. The van der Waals surface area contributed by atoms with Gasteiger partial charge >= 0.3 is 0 Å². The van der Waals surface area contributed by atoms with Crippen molar-refractivity contribution < 1.29 is 18.7 Å². The maximum absolute atomic E-state index is 13.1. The van der Waals surface area contributed by atoms with E-state index in [1.807, 2.05) is 0 Å². The molecular weight excluding hydrogens is 421 g/mol. The lowest BCUT2D eigenvalue weighted by molar-refractivity contribution is -0.122. The molecule has 0 spiro atoms. The molecule has 6 nitrogen and oxygen atoms in total. The fourth-order valence-corrected chi connectivity index (χ4v) is 4.90. The minimum absolute atomic E-state index is 0.103. The second kappa shape index (κ2) is 12.3. The van der Waals surface area contributed by atoms with Gasteiger partial charge in [-0.2, -0.15) is 0 Å². The number of hydrogen-bond donors (Lipinski definition) is 2. The summed E-state index contributed by atoms with van der Waals surface area (Å²) < 4.78 is 18.5. The molecule has 0 unspecified atom stereocenters. The van der Waals surface area contributed by atoms with Gasteiger partial charge in [-0.1, -0.05) is 25.5 Å². The summed E-state index contributed by atoms with van der Waals surface area (Å²) >= 11 is 0. The molecule has 0 saturated carbocycles. The minimum Gasteiger partial charge on any atom is -0.379 e. The number of hydrogen-bond acceptors (Lipinski definition) is 4. The smallest absolute Gasteiger partial charge is 0.251 e. The van der Waals surface area contributed by atoms with Gasteiger partial charge in [0.1, 0.15) is 5.82 Å². The monoisotopic (exact) mass is 459 g/mol. The van der Waals surface area contributed by atoms with Crippen LogP contribution in [-0.2, 0) is 9.53 Å². The first-order chi connectivity index (χ1) is 15.8. The standard InChI is InChI=1S/C26H38FN3O3/c1-18(2)24-15-21(16-25(31)28-8-9-30-10-12-33-13-11-30)19(3)14-22(24)17-29-26(32)20-4-6-23(27)7-5-20/h4-7,14,18,21-22,24H,8-13,15-17H2,1-3H3,(H,28,31)(H,29,32)/t21-,22-,24-/m0/s1. The van der Waals surface area contributed by atoms with Crippen molar-refractivity contribution in [1.82, 2.24) is 15.5 Å². The van der Waals surface area contributed by atoms with Crippen LogP contribution in [0, 0.1) is 29.5 Å². The van der Waals surface area contributed by atoms with Crippen molar-refractivity contribution in [3.63, 3.8) is 0 Å². The van der Waals surface area contributed by atoms with Crippen molar-refractivity contribution in [1.29, 1.82) is 0 Å². The van der Waals surface area contributed by atoms with Crippen molar-refractivity contribution in [2.24, 2.45) is 23.7 Å². The summed E-state index contributed by atoms with van der Waals surface area (Å²) in [5.74, 6) is 0.826. The lowest BCUT2D eigenvalue weighted by Crippen LogP contribution is -2.42. The zero-order valence-corrected chi connectivity index (χ0v) is 20.1. The number of morpholine rings is 1. The molecule has 2 N–H and O–H groups in total. The van der Waals surface area contributed by atoms with Crippen LogP contribution in [0.5, 0.6) is 0 Å². The molecule has 33 heavy (non-hydrogen) atoms. The third-order valence-electron chi connectivity index (χ3n) is 6.97. The van der Waals surface area contributed by atoms with E-state index in [0.29, 0.717) is 36.9 Å². The molecule has 1 aliphatic carbocycles. The summed E-state index contributed by atoms with van der Waals surface area (Å²) in [5, 5.41) is 6.09. The Labute approximate surface area is 196 Å². The summed E-state index contributed by atoms with van der Waals surface area (Å²) in [6.45, 7) is 11.9. The minimum atomic E-state index is -0.353. The fraction of sp³-hybridized carbons (Fsp3) is 0.615. The fourth-order valence-electron chi connectivity index (χ4n) is 4.90. The van der Waals surface area contributed by atoms with Gasteiger partial charge in [0.15, 0.2) is 0 Å². The van der Waals surface area contributed by atoms with Crippen molar-refractivity contribution in [2.45, 2.75) is 33.6 Å². The van der Waals surface area contributed by atoms with Crippen LogP contribution in [0.2, 0.25) is 0 Å². The van der Waals surface area contributed by atoms with Gasteiger partial charge in [0.25, 0.3) is 5.91 Å². The van der Waals surface area contributed by atoms with Gasteiger partial charge < -0.3 is 15.4 Å². The Morgan fingerprint density at radius 1 is 1.15 bits per heavy atom. The molecule has 3 rings (SSSR count). The molecule has 1 aliphatic heterocycles. The van der Waals surface area contributed by atoms with Crippen LogP contribution in [0.3, 0.4) is 0 Å². The Morgan fingerprint density at radius 3 is 2.52 bits per heavy atom. The first kappa shape index (κ1) is 25.4. The SMILES string of the molecule is CC1=C[C@@H](CNC(=O)c2ccc(F)cc2)[C@H](C(C)C)C[C@H]1CC(=O)NCCN1CCOCC1. The molecule has 3 atom stereocenters. The molecule has 182 valence electrons. The van der Waals surface area contributed by atoms with Crippen LogP contribution in [-0.4, -0.2) is 62.7 Å². The number of benzene rings is 1. The molecule has 1 aromatic rings. The highest BCUT2D eigenvalue weighted by molar-refractivity contribution is 5.94. The number of allylic oxidation sites excluding steroid dienone is 1. The third kappa shape index (κ3) is 7.64. The molecule has 7 heteroatoms. The Kier molecular flexibility index (Phi) is 9.44. The second-order valence-electron chi connectivity index (χ2n) is 9.64. The first-order valence-electron chi connectivity index (χ1n) is 12.1. The van der Waals surface area contributed by atoms with Crippen LogP contribution in [0.25, 0.3) is 0 Å². The van der Waals surface area contributed by atoms with Gasteiger partial charge in [-0.05, 0) is 61.3 Å². The van der Waals surface area contributed by atoms with Crippen LogP contribution < -0.4 is 10.6 Å². The maximum Gasteiger partial charge on any atom is 0.251 e. The number of nitrogens with one attached hydrogen (secondary N) is 2. The van der Waals surface area contributed by atoms with E-state index in [1.165, 1.54) is 29.8 Å². The molecule has 0 radical (unpaired) electrons. The number of ether oxygens (including phenoxy) is 1. The summed E-state index contributed by atoms with van der Waals surface area (Å²) in [4.78, 5) is 27.4. The van der Waals surface area contributed by atoms with Crippen molar-refractivity contribution in [3.8, 4) is 0 Å². The van der Waals surface area contributed by atoms with Crippen LogP contribution >= 0.6 is 0 Å². The molecule has 2 aliphatic rings. The zero-order valence-electron chi connectivity index (χ0n) is 20.1. The van der Waals surface area contributed by atoms with Crippen LogP contribution in [0.1, 0.15) is 44.0 Å². The Balaban J connectivity index is 1.50. The van der Waals surface area contributed by atoms with E-state index < -0.39 is 0 Å². The molecule has 1 heterocycles. The van der Waals surface area contributed by atoms with Gasteiger partial charge in [0.05, 0.1) is 13.2 Å². The number of carbonyl (C=O) groups excluding carboxylic acids is 2. The van der Waals surface area contributed by atoms with E-state index in [1.54, 1.807) is 0 Å². The molecule has 2 amide bonds. The van der Waals surface area contributed by atoms with E-state index >= 15 is 0 Å². The highest BCUT2D eigenvalue weighted by Crippen LogP contribution is 2.38. The molecular formula is C26H38FN3O3. The van der Waals surface area contributed by atoms with E-state index in [2.05, 4.69) is 42.4 Å². The average molecular weight is 460 g/mol. The topological polar surface area (TPSA) is 70.7 Å². The highest BCUT2D eigenvalue weighted by Gasteiger charge is 2.32. The van der Waals surface area contributed by atoms with Crippen LogP contribution in [0.4, 0.5) is 4.39 Å². The summed E-state index contributed by atoms with van der Waals surface area (Å²) in [6.07, 6.45) is 3.68. The zero-order chi connectivity index (χ0) is 23.8. The van der Waals surface area contributed by atoms with Gasteiger partial charge in [-0.3, -0.25) is 14.5 Å². The van der Waals surface area contributed by atoms with Gasteiger partial charge in [-0.25, -0.2) is 4.39 Å². The molecule has 1 fully saturated rings. The number of nitrogens with zero attached hydrogens (tertiary/aromatic N) is 1. The lowest BCUT2D eigenvalue weighted by atomic mass is 9.69. The van der Waals surface area contributed by atoms with Crippen molar-refractivity contribution in [3.05, 3.63) is 47.3 Å². The lowest BCUT2D eigenvalue weighted by Gasteiger charge is -2.37. The maximum atomic E-state index is 13.1. The quantitative estimate of drug-likeness (QED) is 0.556. The normalized spacial score (nSPS) is 23.8. The predicted octanol–water partition coefficient (Wildman–Crippen LogP) is 3.25. The number of amides is 2. The van der Waals surface area contributed by atoms with E-state index in [9.17, 15) is 14.0 Å². The summed E-state index contributed by atoms with van der Waals surface area (Å²) in [5.41, 5.74) is 1.68. The Hall–Kier alpha value is -2.25. The first-order valence-corrected chi connectivity index (χ1v) is 12.1. The van der Waals surface area contributed by atoms with Gasteiger partial charge in [0, 0.05) is 44.7 Å². The Bertz CT molecular complexity index is 819. The van der Waals surface area contributed by atoms with Crippen LogP contribution in [0.15, 0.2) is 35.9 Å². The van der Waals surface area contributed by atoms with Crippen molar-refractivity contribution in [2.75, 3.05) is 45.9 Å². The van der Waals surface area contributed by atoms with Gasteiger partial charge in [0.2, 0.25) is 5.91 Å². The highest BCUT2D eigenvalue weighted by atomic mass is 19.1. The van der Waals surface area contributed by atoms with E-state index in [-0.39, 0.29) is 29.5 Å². The number of carbonyl (C=O) groups is 2. The molecule has 1 saturated heterocycles. The van der Waals surface area contributed by atoms with E-state index in [4.69, 9.17) is 4.74 Å². The van der Waals surface area contributed by atoms with Gasteiger partial charge in [-0.15, -0.1) is 0 Å². The summed E-state index contributed by atoms with van der Waals surface area (Å²) in [6, 6.07) is 5.60. The second-order valence-corrected chi connectivity index (χ2v) is 9.64. The molecule has 0 bridgehead atoms. The van der Waals surface area contributed by atoms with E-state index in [0.717, 1.165) is 39.3 Å². The Morgan fingerprint density at radius 2 is 1.85 bits per heavy atom. The third-order valence-corrected chi connectivity index (χ3v) is 6.97. The largest absolute Gasteiger partial charge is 0.379 e. The molecule has 0 aromatic heterocycles. The predicted molar refractivity (Wildman–Crippen MR) is 127 cm³/mol. The molecule has 1 aromatic carbocycles.